The summed E-state index contributed by atoms with van der Waals surface area (Å²) < 4.78 is 0.508. The molecule has 0 atom stereocenters. The van der Waals surface area contributed by atoms with Crippen LogP contribution in [0.1, 0.15) is 33.3 Å². The van der Waals surface area contributed by atoms with Crippen LogP contribution in [0.3, 0.4) is 0 Å². The monoisotopic (exact) mass is 354 g/mol. The molecule has 0 unspecified atom stereocenters. The maximum absolute atomic E-state index is 11.0. The molecule has 1 aromatic rings. The second kappa shape index (κ2) is 8.29. The first-order valence-electron chi connectivity index (χ1n) is 7.16. The van der Waals surface area contributed by atoms with Crippen molar-refractivity contribution < 1.29 is 4.92 Å². The van der Waals surface area contributed by atoms with E-state index < -0.39 is 0 Å². The third-order valence-electron chi connectivity index (χ3n) is 3.14. The van der Waals surface area contributed by atoms with E-state index in [0.717, 1.165) is 18.7 Å². The van der Waals surface area contributed by atoms with Crippen molar-refractivity contribution >= 4 is 27.7 Å². The van der Waals surface area contributed by atoms with Crippen LogP contribution in [0.4, 0.5) is 5.69 Å². The van der Waals surface area contributed by atoms with Crippen molar-refractivity contribution in [3.63, 3.8) is 0 Å². The second-order valence-electron chi connectivity index (χ2n) is 5.87. The smallest absolute Gasteiger partial charge is 0.284 e. The van der Waals surface area contributed by atoms with Crippen LogP contribution < -0.4 is 5.32 Å². The minimum absolute atomic E-state index is 0.0991. The molecule has 0 amide bonds. The van der Waals surface area contributed by atoms with E-state index in [0.29, 0.717) is 16.3 Å². The number of nitrogens with zero attached hydrogens (tertiary/aromatic N) is 1. The van der Waals surface area contributed by atoms with Gasteiger partial charge in [-0.2, -0.15) is 0 Å². The number of nitro groups is 1. The summed E-state index contributed by atoms with van der Waals surface area (Å²) in [5.74, 6) is 1.000. The van der Waals surface area contributed by atoms with E-state index >= 15 is 0 Å². The Morgan fingerprint density at radius 1 is 1.38 bits per heavy atom. The summed E-state index contributed by atoms with van der Waals surface area (Å²) in [6.07, 6.45) is 2.04. The fraction of sp³-hybridized carbons (Fsp3) is 0.500. The van der Waals surface area contributed by atoms with E-state index in [1.165, 1.54) is 5.57 Å². The number of benzene rings is 1. The van der Waals surface area contributed by atoms with Crippen molar-refractivity contribution in [3.05, 3.63) is 43.9 Å². The molecule has 1 rings (SSSR count). The molecule has 0 bridgehead atoms. The van der Waals surface area contributed by atoms with Crippen molar-refractivity contribution in [2.45, 2.75) is 27.7 Å². The highest BCUT2D eigenvalue weighted by Gasteiger charge is 2.12. The average molecular weight is 355 g/mol. The Morgan fingerprint density at radius 3 is 2.57 bits per heavy atom. The maximum Gasteiger partial charge on any atom is 0.284 e. The number of hydrogen-bond donors (Lipinski definition) is 1. The highest BCUT2D eigenvalue weighted by atomic mass is 79.9. The van der Waals surface area contributed by atoms with Crippen LogP contribution in [0.5, 0.6) is 0 Å². The van der Waals surface area contributed by atoms with E-state index in [1.807, 2.05) is 12.1 Å². The normalized spacial score (nSPS) is 12.2. The van der Waals surface area contributed by atoms with Gasteiger partial charge in [0.05, 0.1) is 9.40 Å². The molecule has 0 radical (unpaired) electrons. The van der Waals surface area contributed by atoms with E-state index in [1.54, 1.807) is 12.1 Å². The molecule has 0 aromatic heterocycles. The third kappa shape index (κ3) is 5.98. The van der Waals surface area contributed by atoms with Crippen LogP contribution in [-0.4, -0.2) is 18.0 Å². The molecule has 0 fully saturated rings. The lowest BCUT2D eigenvalue weighted by Crippen LogP contribution is -2.23. The zero-order valence-electron chi connectivity index (χ0n) is 13.0. The van der Waals surface area contributed by atoms with Gasteiger partial charge in [-0.05, 0) is 45.9 Å². The number of nitrogens with one attached hydrogen (secondary N) is 1. The van der Waals surface area contributed by atoms with Gasteiger partial charge < -0.3 is 5.32 Å². The van der Waals surface area contributed by atoms with E-state index in [4.69, 9.17) is 0 Å². The summed E-state index contributed by atoms with van der Waals surface area (Å²) in [6.45, 7) is 10.4. The fourth-order valence-electron chi connectivity index (χ4n) is 1.90. The molecule has 0 heterocycles. The molecule has 1 N–H and O–H groups in total. The first kappa shape index (κ1) is 17.9. The highest BCUT2D eigenvalue weighted by molar-refractivity contribution is 9.10. The van der Waals surface area contributed by atoms with Crippen molar-refractivity contribution in [2.75, 3.05) is 13.1 Å². The SMILES string of the molecule is CC(C)CNCC(=Cc1ccc(Br)c([N+](=O)[O-])c1)C(C)C. The number of hydrogen-bond acceptors (Lipinski definition) is 3. The lowest BCUT2D eigenvalue weighted by atomic mass is 10.00. The topological polar surface area (TPSA) is 55.2 Å². The van der Waals surface area contributed by atoms with Crippen molar-refractivity contribution in [1.82, 2.24) is 5.32 Å². The maximum atomic E-state index is 11.0. The van der Waals surface area contributed by atoms with E-state index in [9.17, 15) is 10.1 Å². The standard InChI is InChI=1S/C16H23BrN2O2/c1-11(2)9-18-10-14(12(3)4)7-13-5-6-15(17)16(8-13)19(20)21/h5-8,11-12,18H,9-10H2,1-4H3. The van der Waals surface area contributed by atoms with Gasteiger partial charge in [0.25, 0.3) is 5.69 Å². The van der Waals surface area contributed by atoms with Gasteiger partial charge in [-0.1, -0.05) is 45.4 Å². The molecule has 5 heteroatoms. The molecule has 0 saturated heterocycles. The summed E-state index contributed by atoms with van der Waals surface area (Å²) in [5, 5.41) is 14.4. The van der Waals surface area contributed by atoms with E-state index in [2.05, 4.69) is 48.9 Å². The Labute approximate surface area is 134 Å². The Hall–Kier alpha value is -1.20. The summed E-state index contributed by atoms with van der Waals surface area (Å²) in [7, 11) is 0. The zero-order chi connectivity index (χ0) is 16.0. The molecule has 1 aromatic carbocycles. The summed E-state index contributed by atoms with van der Waals surface area (Å²) in [5.41, 5.74) is 2.20. The van der Waals surface area contributed by atoms with Gasteiger partial charge in [-0.25, -0.2) is 0 Å². The Morgan fingerprint density at radius 2 is 2.05 bits per heavy atom. The first-order valence-corrected chi connectivity index (χ1v) is 7.95. The molecule has 21 heavy (non-hydrogen) atoms. The minimum Gasteiger partial charge on any atom is -0.313 e. The van der Waals surface area contributed by atoms with Crippen LogP contribution in [-0.2, 0) is 0 Å². The Bertz CT molecular complexity index is 525. The van der Waals surface area contributed by atoms with Gasteiger partial charge in [0, 0.05) is 12.6 Å². The number of nitro benzene ring substituents is 1. The fourth-order valence-corrected chi connectivity index (χ4v) is 2.29. The molecule has 0 saturated carbocycles. The van der Waals surface area contributed by atoms with E-state index in [-0.39, 0.29) is 10.6 Å². The lowest BCUT2D eigenvalue weighted by Gasteiger charge is -2.14. The number of rotatable bonds is 7. The molecule has 0 aliphatic heterocycles. The molecular weight excluding hydrogens is 332 g/mol. The summed E-state index contributed by atoms with van der Waals surface area (Å²) in [6, 6.07) is 5.22. The van der Waals surface area contributed by atoms with Gasteiger partial charge >= 0.3 is 0 Å². The molecule has 4 nitrogen and oxygen atoms in total. The molecule has 0 aliphatic rings. The molecule has 0 aliphatic carbocycles. The van der Waals surface area contributed by atoms with Gasteiger partial charge in [-0.15, -0.1) is 0 Å². The largest absolute Gasteiger partial charge is 0.313 e. The van der Waals surface area contributed by atoms with Gasteiger partial charge in [0.1, 0.15) is 0 Å². The summed E-state index contributed by atoms with van der Waals surface area (Å²) in [4.78, 5) is 10.6. The molecule has 0 spiro atoms. The third-order valence-corrected chi connectivity index (χ3v) is 3.81. The Kier molecular flexibility index (Phi) is 7.05. The quantitative estimate of drug-likeness (QED) is 0.573. The highest BCUT2D eigenvalue weighted by Crippen LogP contribution is 2.27. The van der Waals surface area contributed by atoms with Crippen LogP contribution in [0.15, 0.2) is 28.2 Å². The predicted molar refractivity (Wildman–Crippen MR) is 91.3 cm³/mol. The first-order chi connectivity index (χ1) is 9.81. The van der Waals surface area contributed by atoms with Crippen molar-refractivity contribution in [2.24, 2.45) is 11.8 Å². The van der Waals surface area contributed by atoms with Crippen molar-refractivity contribution in [1.29, 1.82) is 0 Å². The predicted octanol–water partition coefficient (Wildman–Crippen LogP) is 4.64. The van der Waals surface area contributed by atoms with Gasteiger partial charge in [-0.3, -0.25) is 10.1 Å². The number of halogens is 1. The minimum atomic E-state index is -0.368. The van der Waals surface area contributed by atoms with Gasteiger partial charge in [0.2, 0.25) is 0 Å². The Balaban J connectivity index is 2.94. The van der Waals surface area contributed by atoms with Crippen molar-refractivity contribution in [3.8, 4) is 0 Å². The van der Waals surface area contributed by atoms with Crippen LogP contribution in [0.25, 0.3) is 6.08 Å². The van der Waals surface area contributed by atoms with Crippen LogP contribution in [0, 0.1) is 22.0 Å². The van der Waals surface area contributed by atoms with Crippen LogP contribution >= 0.6 is 15.9 Å². The molecule has 116 valence electrons. The zero-order valence-corrected chi connectivity index (χ0v) is 14.6. The lowest BCUT2D eigenvalue weighted by molar-refractivity contribution is -0.385. The average Bonchev–Trinajstić information content (AvgIpc) is 2.38. The van der Waals surface area contributed by atoms with Crippen LogP contribution in [0.2, 0.25) is 0 Å². The second-order valence-corrected chi connectivity index (χ2v) is 6.72. The van der Waals surface area contributed by atoms with Gasteiger partial charge in [0.15, 0.2) is 0 Å². The molecular formula is C16H23BrN2O2. The summed E-state index contributed by atoms with van der Waals surface area (Å²) >= 11 is 3.21.